The van der Waals surface area contributed by atoms with E-state index in [1.807, 2.05) is 31.2 Å². The molecule has 0 spiro atoms. The van der Waals surface area contributed by atoms with Gasteiger partial charge in [-0.3, -0.25) is 4.79 Å². The van der Waals surface area contributed by atoms with Crippen molar-refractivity contribution in [2.75, 3.05) is 19.0 Å². The molecule has 0 radical (unpaired) electrons. The highest BCUT2D eigenvalue weighted by atomic mass is 32.1. The van der Waals surface area contributed by atoms with Crippen molar-refractivity contribution in [1.82, 2.24) is 0 Å². The van der Waals surface area contributed by atoms with Crippen LogP contribution in [0, 0.1) is 5.82 Å². The van der Waals surface area contributed by atoms with Crippen molar-refractivity contribution in [3.63, 3.8) is 0 Å². The van der Waals surface area contributed by atoms with Crippen molar-refractivity contribution in [3.8, 4) is 16.9 Å². The van der Waals surface area contributed by atoms with Gasteiger partial charge in [-0.2, -0.15) is 0 Å². The Hall–Kier alpha value is -3.19. The summed E-state index contributed by atoms with van der Waals surface area (Å²) in [6, 6.07) is 13.1. The minimum Gasteiger partial charge on any atom is -0.494 e. The third kappa shape index (κ3) is 5.00. The van der Waals surface area contributed by atoms with Crippen LogP contribution in [0.15, 0.2) is 53.9 Å². The molecule has 2 aromatic carbocycles. The summed E-state index contributed by atoms with van der Waals surface area (Å²) in [5, 5.41) is 4.93. The normalized spacial score (nSPS) is 10.4. The number of benzene rings is 2. The van der Waals surface area contributed by atoms with Crippen LogP contribution in [-0.2, 0) is 16.0 Å². The fourth-order valence-corrected chi connectivity index (χ4v) is 3.80. The summed E-state index contributed by atoms with van der Waals surface area (Å²) in [7, 11) is 1.28. The van der Waals surface area contributed by atoms with E-state index < -0.39 is 5.97 Å². The summed E-state index contributed by atoms with van der Waals surface area (Å²) in [4.78, 5) is 24.8. The lowest BCUT2D eigenvalue weighted by atomic mass is 10.0. The van der Waals surface area contributed by atoms with Gasteiger partial charge in [-0.15, -0.1) is 11.3 Å². The lowest BCUT2D eigenvalue weighted by Crippen LogP contribution is -2.16. The minimum atomic E-state index is -0.568. The van der Waals surface area contributed by atoms with Gasteiger partial charge in [0.15, 0.2) is 0 Å². The number of ether oxygens (including phenoxy) is 2. The molecule has 0 fully saturated rings. The van der Waals surface area contributed by atoms with Gasteiger partial charge in [-0.05, 0) is 42.3 Å². The van der Waals surface area contributed by atoms with Crippen LogP contribution in [0.1, 0.15) is 22.8 Å². The van der Waals surface area contributed by atoms with Gasteiger partial charge in [0.2, 0.25) is 5.91 Å². The lowest BCUT2D eigenvalue weighted by molar-refractivity contribution is -0.115. The van der Waals surface area contributed by atoms with E-state index in [1.165, 1.54) is 30.6 Å². The molecule has 0 atom stereocenters. The molecular formula is C22H20FNO4S. The summed E-state index contributed by atoms with van der Waals surface area (Å²) in [6.07, 6.45) is 0.150. The van der Waals surface area contributed by atoms with Crippen LogP contribution >= 0.6 is 11.3 Å². The van der Waals surface area contributed by atoms with Crippen molar-refractivity contribution in [1.29, 1.82) is 0 Å². The zero-order valence-corrected chi connectivity index (χ0v) is 16.8. The number of anilines is 1. The van der Waals surface area contributed by atoms with E-state index in [4.69, 9.17) is 9.47 Å². The fourth-order valence-electron chi connectivity index (χ4n) is 2.82. The number of carbonyl (C=O) groups excluding carboxylic acids is 2. The molecule has 1 heterocycles. The molecule has 29 heavy (non-hydrogen) atoms. The molecule has 1 amide bonds. The zero-order valence-electron chi connectivity index (χ0n) is 16.0. The first-order valence-electron chi connectivity index (χ1n) is 8.99. The first-order chi connectivity index (χ1) is 14.0. The average molecular weight is 413 g/mol. The second-order valence-corrected chi connectivity index (χ2v) is 7.03. The molecule has 0 saturated heterocycles. The van der Waals surface area contributed by atoms with Crippen LogP contribution < -0.4 is 10.1 Å². The molecule has 3 aromatic rings. The molecule has 150 valence electrons. The number of amides is 1. The van der Waals surface area contributed by atoms with E-state index in [9.17, 15) is 14.0 Å². The minimum absolute atomic E-state index is 0.150. The van der Waals surface area contributed by atoms with Crippen molar-refractivity contribution in [3.05, 3.63) is 70.9 Å². The van der Waals surface area contributed by atoms with Gasteiger partial charge in [-0.1, -0.05) is 24.3 Å². The van der Waals surface area contributed by atoms with Crippen LogP contribution in [0.5, 0.6) is 5.75 Å². The number of esters is 1. The second-order valence-electron chi connectivity index (χ2n) is 6.15. The maximum absolute atomic E-state index is 13.2. The lowest BCUT2D eigenvalue weighted by Gasteiger charge is -2.08. The zero-order chi connectivity index (χ0) is 20.8. The van der Waals surface area contributed by atoms with Gasteiger partial charge in [0.05, 0.1) is 20.1 Å². The van der Waals surface area contributed by atoms with Crippen molar-refractivity contribution in [2.24, 2.45) is 0 Å². The molecule has 0 aliphatic rings. The summed E-state index contributed by atoms with van der Waals surface area (Å²) in [5.74, 6) is -0.451. The Morgan fingerprint density at radius 2 is 1.76 bits per heavy atom. The molecule has 1 N–H and O–H groups in total. The molecule has 7 heteroatoms. The Balaban J connectivity index is 1.80. The van der Waals surface area contributed by atoms with Crippen LogP contribution in [0.2, 0.25) is 0 Å². The van der Waals surface area contributed by atoms with Crippen molar-refractivity contribution >= 4 is 28.2 Å². The number of methoxy groups -OCH3 is 1. The Labute approximate surface area is 172 Å². The number of hydrogen-bond acceptors (Lipinski definition) is 5. The standard InChI is InChI=1S/C22H20FNO4S/c1-3-28-17-10-4-14(5-11-17)12-19(25)24-21-20(22(26)27-2)18(13-29-21)15-6-8-16(23)9-7-15/h4-11,13H,3,12H2,1-2H3,(H,24,25). The summed E-state index contributed by atoms with van der Waals surface area (Å²) < 4.78 is 23.5. The van der Waals surface area contributed by atoms with Crippen molar-refractivity contribution < 1.29 is 23.5 Å². The smallest absolute Gasteiger partial charge is 0.341 e. The van der Waals surface area contributed by atoms with Crippen molar-refractivity contribution in [2.45, 2.75) is 13.3 Å². The first kappa shape index (κ1) is 20.5. The van der Waals surface area contributed by atoms with Gasteiger partial charge in [-0.25, -0.2) is 9.18 Å². The highest BCUT2D eigenvalue weighted by Crippen LogP contribution is 2.36. The molecule has 3 rings (SSSR count). The highest BCUT2D eigenvalue weighted by molar-refractivity contribution is 7.15. The number of hydrogen-bond donors (Lipinski definition) is 1. The molecule has 0 aliphatic heterocycles. The molecule has 0 saturated carbocycles. The average Bonchev–Trinajstić information content (AvgIpc) is 3.13. The SMILES string of the molecule is CCOc1ccc(CC(=O)Nc2scc(-c3ccc(F)cc3)c2C(=O)OC)cc1. The number of halogens is 1. The predicted molar refractivity (Wildman–Crippen MR) is 111 cm³/mol. The number of thiophene rings is 1. The monoisotopic (exact) mass is 413 g/mol. The van der Waals surface area contributed by atoms with E-state index in [-0.39, 0.29) is 23.7 Å². The number of carbonyl (C=O) groups is 2. The predicted octanol–water partition coefficient (Wildman–Crippen LogP) is 4.92. The highest BCUT2D eigenvalue weighted by Gasteiger charge is 2.22. The van der Waals surface area contributed by atoms with Gasteiger partial charge in [0.25, 0.3) is 0 Å². The third-order valence-electron chi connectivity index (χ3n) is 4.19. The molecule has 0 unspecified atom stereocenters. The topological polar surface area (TPSA) is 64.6 Å². The van der Waals surface area contributed by atoms with Gasteiger partial charge in [0.1, 0.15) is 22.1 Å². The van der Waals surface area contributed by atoms with E-state index in [2.05, 4.69) is 5.32 Å². The largest absolute Gasteiger partial charge is 0.494 e. The van der Waals surface area contributed by atoms with Gasteiger partial charge in [0, 0.05) is 10.9 Å². The molecule has 5 nitrogen and oxygen atoms in total. The fraction of sp³-hybridized carbons (Fsp3) is 0.182. The van der Waals surface area contributed by atoms with E-state index in [1.54, 1.807) is 17.5 Å². The van der Waals surface area contributed by atoms with Gasteiger partial charge >= 0.3 is 5.97 Å². The Kier molecular flexibility index (Phi) is 6.61. The number of rotatable bonds is 7. The summed E-state index contributed by atoms with van der Waals surface area (Å²) in [6.45, 7) is 2.48. The molecule has 0 aliphatic carbocycles. The molecule has 0 bridgehead atoms. The van der Waals surface area contributed by atoms with Crippen LogP contribution in [0.3, 0.4) is 0 Å². The maximum atomic E-state index is 13.2. The Morgan fingerprint density at radius 3 is 2.38 bits per heavy atom. The van der Waals surface area contributed by atoms with Crippen LogP contribution in [0.4, 0.5) is 9.39 Å². The van der Waals surface area contributed by atoms with E-state index in [0.29, 0.717) is 22.7 Å². The second kappa shape index (κ2) is 9.34. The Morgan fingerprint density at radius 1 is 1.07 bits per heavy atom. The van der Waals surface area contributed by atoms with Crippen LogP contribution in [-0.4, -0.2) is 25.6 Å². The quantitative estimate of drug-likeness (QED) is 0.559. The number of nitrogens with one attached hydrogen (secondary N) is 1. The van der Waals surface area contributed by atoms with Crippen LogP contribution in [0.25, 0.3) is 11.1 Å². The Bertz CT molecular complexity index is 997. The maximum Gasteiger partial charge on any atom is 0.341 e. The third-order valence-corrected chi connectivity index (χ3v) is 5.08. The molecule has 1 aromatic heterocycles. The van der Waals surface area contributed by atoms with E-state index >= 15 is 0 Å². The van der Waals surface area contributed by atoms with Gasteiger partial charge < -0.3 is 14.8 Å². The first-order valence-corrected chi connectivity index (χ1v) is 9.87. The summed E-state index contributed by atoms with van der Waals surface area (Å²) in [5.41, 5.74) is 2.32. The molecular weight excluding hydrogens is 393 g/mol. The van der Waals surface area contributed by atoms with E-state index in [0.717, 1.165) is 11.3 Å². The summed E-state index contributed by atoms with van der Waals surface area (Å²) >= 11 is 1.22.